The van der Waals surface area contributed by atoms with Gasteiger partial charge in [-0.2, -0.15) is 0 Å². The van der Waals surface area contributed by atoms with E-state index in [2.05, 4.69) is 69.0 Å². The molecule has 1 aromatic carbocycles. The van der Waals surface area contributed by atoms with Gasteiger partial charge in [-0.3, -0.25) is 0 Å². The van der Waals surface area contributed by atoms with Crippen molar-refractivity contribution in [2.75, 3.05) is 6.54 Å². The Kier molecular flexibility index (Phi) is 7.32. The lowest BCUT2D eigenvalue weighted by Gasteiger charge is -2.28. The second-order valence-electron chi connectivity index (χ2n) is 5.91. The van der Waals surface area contributed by atoms with Crippen LogP contribution in [0.25, 0.3) is 0 Å². The second-order valence-corrected chi connectivity index (χ2v) is 7.99. The molecule has 112 valence electrons. The van der Waals surface area contributed by atoms with Crippen molar-refractivity contribution in [3.05, 3.63) is 31.8 Å². The number of hydrogen-bond acceptors (Lipinski definition) is 1. The van der Waals surface area contributed by atoms with E-state index in [4.69, 9.17) is 0 Å². The van der Waals surface area contributed by atoms with E-state index in [0.717, 1.165) is 12.5 Å². The van der Waals surface area contributed by atoms with Crippen LogP contribution in [0.5, 0.6) is 0 Å². The molecule has 3 heteroatoms. The van der Waals surface area contributed by atoms with Gasteiger partial charge in [-0.05, 0) is 71.7 Å². The maximum Gasteiger partial charge on any atom is 0.0333 e. The quantitative estimate of drug-likeness (QED) is 0.520. The number of benzene rings is 1. The third-order valence-corrected chi connectivity index (χ3v) is 5.74. The number of rotatable bonds is 6. The highest BCUT2D eigenvalue weighted by atomic mass is 127. The molecule has 0 aliphatic heterocycles. The molecule has 20 heavy (non-hydrogen) atoms. The van der Waals surface area contributed by atoms with Crippen LogP contribution in [0.4, 0.5) is 0 Å². The molecule has 1 aliphatic rings. The van der Waals surface area contributed by atoms with Crippen molar-refractivity contribution in [3.8, 4) is 0 Å². The third-order valence-electron chi connectivity index (χ3n) is 4.27. The number of nitrogens with one attached hydrogen (secondary N) is 1. The normalized spacial score (nSPS) is 18.1. The molecule has 1 aliphatic carbocycles. The minimum absolute atomic E-state index is 0.516. The highest BCUT2D eigenvalue weighted by Gasteiger charge is 2.21. The van der Waals surface area contributed by atoms with Crippen LogP contribution in [0.1, 0.15) is 63.5 Å². The molecular weight excluding hydrogens is 425 g/mol. The topological polar surface area (TPSA) is 12.0 Å². The zero-order valence-electron chi connectivity index (χ0n) is 12.3. The largest absolute Gasteiger partial charge is 0.310 e. The van der Waals surface area contributed by atoms with Gasteiger partial charge in [0, 0.05) is 14.1 Å². The first-order valence-corrected chi connectivity index (χ1v) is 9.76. The van der Waals surface area contributed by atoms with Crippen LogP contribution in [-0.4, -0.2) is 6.54 Å². The highest BCUT2D eigenvalue weighted by Crippen LogP contribution is 2.34. The summed E-state index contributed by atoms with van der Waals surface area (Å²) in [5.41, 5.74) is 1.47. The molecule has 0 heterocycles. The molecule has 1 unspecified atom stereocenters. The van der Waals surface area contributed by atoms with Crippen LogP contribution in [0.3, 0.4) is 0 Å². The van der Waals surface area contributed by atoms with Crippen molar-refractivity contribution in [2.45, 2.75) is 57.9 Å². The van der Waals surface area contributed by atoms with Gasteiger partial charge in [-0.1, -0.05) is 55.0 Å². The molecule has 0 saturated heterocycles. The fraction of sp³-hybridized carbons (Fsp3) is 0.647. The van der Waals surface area contributed by atoms with E-state index in [-0.39, 0.29) is 0 Å². The molecule has 1 atom stereocenters. The van der Waals surface area contributed by atoms with Gasteiger partial charge in [0.05, 0.1) is 0 Å². The fourth-order valence-electron chi connectivity index (χ4n) is 3.18. The Balaban J connectivity index is 2.10. The van der Waals surface area contributed by atoms with Crippen LogP contribution in [-0.2, 0) is 0 Å². The molecule has 1 saturated carbocycles. The predicted molar refractivity (Wildman–Crippen MR) is 99.1 cm³/mol. The minimum atomic E-state index is 0.516. The van der Waals surface area contributed by atoms with E-state index >= 15 is 0 Å². The highest BCUT2D eigenvalue weighted by molar-refractivity contribution is 14.1. The lowest BCUT2D eigenvalue weighted by Crippen LogP contribution is -2.26. The van der Waals surface area contributed by atoms with E-state index in [1.165, 1.54) is 58.6 Å². The summed E-state index contributed by atoms with van der Waals surface area (Å²) in [6.45, 7) is 3.36. The van der Waals surface area contributed by atoms with Crippen molar-refractivity contribution in [1.82, 2.24) is 5.32 Å². The Morgan fingerprint density at radius 2 is 2.05 bits per heavy atom. The predicted octanol–water partition coefficient (Wildman–Crippen LogP) is 6.06. The van der Waals surface area contributed by atoms with Gasteiger partial charge in [0.1, 0.15) is 0 Å². The minimum Gasteiger partial charge on any atom is -0.310 e. The van der Waals surface area contributed by atoms with Gasteiger partial charge >= 0.3 is 0 Å². The van der Waals surface area contributed by atoms with E-state index in [9.17, 15) is 0 Å². The first-order valence-electron chi connectivity index (χ1n) is 7.89. The monoisotopic (exact) mass is 449 g/mol. The van der Waals surface area contributed by atoms with Gasteiger partial charge in [-0.25, -0.2) is 0 Å². The van der Waals surface area contributed by atoms with Crippen LogP contribution >= 0.6 is 38.5 Å². The molecule has 0 radical (unpaired) electrons. The summed E-state index contributed by atoms with van der Waals surface area (Å²) < 4.78 is 2.58. The fourth-order valence-corrected chi connectivity index (χ4v) is 4.27. The molecule has 2 rings (SSSR count). The Morgan fingerprint density at radius 3 is 2.75 bits per heavy atom. The van der Waals surface area contributed by atoms with Crippen molar-refractivity contribution >= 4 is 38.5 Å². The average molecular weight is 450 g/mol. The van der Waals surface area contributed by atoms with Crippen LogP contribution in [0.15, 0.2) is 22.7 Å². The van der Waals surface area contributed by atoms with Crippen molar-refractivity contribution in [1.29, 1.82) is 0 Å². The first kappa shape index (κ1) is 16.8. The Morgan fingerprint density at radius 1 is 1.30 bits per heavy atom. The van der Waals surface area contributed by atoms with Crippen molar-refractivity contribution < 1.29 is 0 Å². The van der Waals surface area contributed by atoms with Crippen molar-refractivity contribution in [2.24, 2.45) is 5.92 Å². The van der Waals surface area contributed by atoms with E-state index in [1.807, 2.05) is 0 Å². The maximum absolute atomic E-state index is 3.78. The maximum atomic E-state index is 3.78. The molecule has 0 bridgehead atoms. The average Bonchev–Trinajstić information content (AvgIpc) is 2.47. The lowest BCUT2D eigenvalue weighted by atomic mass is 9.83. The van der Waals surface area contributed by atoms with Crippen LogP contribution in [0.2, 0.25) is 0 Å². The molecular formula is C17H25BrIN. The number of halogens is 2. The summed E-state index contributed by atoms with van der Waals surface area (Å²) in [5.74, 6) is 0.910. The summed E-state index contributed by atoms with van der Waals surface area (Å²) in [7, 11) is 0. The van der Waals surface area contributed by atoms with Crippen molar-refractivity contribution in [3.63, 3.8) is 0 Å². The van der Waals surface area contributed by atoms with Crippen LogP contribution in [0, 0.1) is 9.49 Å². The third kappa shape index (κ3) is 4.99. The molecule has 0 amide bonds. The Hall–Kier alpha value is 0.390. The standard InChI is InChI=1S/C17H25BrIN/c1-2-10-20-17(11-13-6-4-3-5-7-13)15-12-14(18)8-9-16(15)19/h8-9,12-13,17,20H,2-7,10-11H2,1H3. The SMILES string of the molecule is CCCNC(CC1CCCCC1)c1cc(Br)ccc1I. The van der Waals surface area contributed by atoms with E-state index < -0.39 is 0 Å². The molecule has 1 nitrogen and oxygen atoms in total. The van der Waals surface area contributed by atoms with Crippen LogP contribution < -0.4 is 5.32 Å². The molecule has 1 fully saturated rings. The van der Waals surface area contributed by atoms with E-state index in [1.54, 1.807) is 0 Å². The van der Waals surface area contributed by atoms with E-state index in [0.29, 0.717) is 6.04 Å². The zero-order valence-corrected chi connectivity index (χ0v) is 16.0. The van der Waals surface area contributed by atoms with Gasteiger partial charge in [0.25, 0.3) is 0 Å². The lowest BCUT2D eigenvalue weighted by molar-refractivity contribution is 0.299. The van der Waals surface area contributed by atoms with Gasteiger partial charge in [0.15, 0.2) is 0 Å². The smallest absolute Gasteiger partial charge is 0.0333 e. The summed E-state index contributed by atoms with van der Waals surface area (Å²) >= 11 is 6.10. The van der Waals surface area contributed by atoms with Gasteiger partial charge in [-0.15, -0.1) is 0 Å². The molecule has 0 aromatic heterocycles. The Bertz CT molecular complexity index is 415. The summed E-state index contributed by atoms with van der Waals surface area (Å²) in [6.07, 6.45) is 9.65. The number of hydrogen-bond donors (Lipinski definition) is 1. The zero-order chi connectivity index (χ0) is 14.4. The summed E-state index contributed by atoms with van der Waals surface area (Å²) in [4.78, 5) is 0. The second kappa shape index (κ2) is 8.74. The first-order chi connectivity index (χ1) is 9.70. The van der Waals surface area contributed by atoms with Gasteiger partial charge < -0.3 is 5.32 Å². The molecule has 0 spiro atoms. The van der Waals surface area contributed by atoms with Gasteiger partial charge in [0.2, 0.25) is 0 Å². The molecule has 1 aromatic rings. The summed E-state index contributed by atoms with van der Waals surface area (Å²) in [5, 5.41) is 3.78. The summed E-state index contributed by atoms with van der Waals surface area (Å²) in [6, 6.07) is 7.18. The molecule has 1 N–H and O–H groups in total. The Labute approximate surface area is 145 Å².